The van der Waals surface area contributed by atoms with E-state index in [0.717, 1.165) is 0 Å². The third kappa shape index (κ3) is 4.23. The Hall–Kier alpha value is -2.96. The number of carbonyl (C=O) groups is 2. The monoisotopic (exact) mass is 430 g/mol. The minimum Gasteiger partial charge on any atom is -0.512 e. The highest BCUT2D eigenvalue weighted by Gasteiger charge is 2.30. The van der Waals surface area contributed by atoms with Gasteiger partial charge in [0.2, 0.25) is 0 Å². The first-order valence-corrected chi connectivity index (χ1v) is 9.43. The van der Waals surface area contributed by atoms with Gasteiger partial charge in [0.05, 0.1) is 22.9 Å². The lowest BCUT2D eigenvalue weighted by Crippen LogP contribution is -2.18. The second kappa shape index (κ2) is 8.59. The van der Waals surface area contributed by atoms with Crippen molar-refractivity contribution in [3.63, 3.8) is 0 Å². The van der Waals surface area contributed by atoms with E-state index >= 15 is 0 Å². The number of allylic oxidation sites excluding steroid dienone is 1. The standard InChI is InChI=1S/C21H16Cl2N2O4/c1-3-29-21(28)17(11(2)26)18-13-6-4-5-7-14(13)19(24-18)25-20(27)15-9-8-12(22)10-16(15)23/h4-10,26H,3H2,1-2H3. The molecule has 0 radical (unpaired) electrons. The predicted molar refractivity (Wildman–Crippen MR) is 112 cm³/mol. The second-order valence-corrected chi connectivity index (χ2v) is 6.90. The normalized spacial score (nSPS) is 14.9. The number of amidine groups is 1. The number of aliphatic hydroxyl groups excluding tert-OH is 1. The van der Waals surface area contributed by atoms with Gasteiger partial charge in [-0.05, 0) is 32.0 Å². The van der Waals surface area contributed by atoms with Crippen LogP contribution in [0.2, 0.25) is 10.0 Å². The average molecular weight is 431 g/mol. The van der Waals surface area contributed by atoms with Crippen molar-refractivity contribution in [2.75, 3.05) is 6.61 Å². The molecule has 0 saturated carbocycles. The summed E-state index contributed by atoms with van der Waals surface area (Å²) in [6.07, 6.45) is 0. The number of hydrogen-bond acceptors (Lipinski definition) is 4. The van der Waals surface area contributed by atoms with E-state index in [-0.39, 0.29) is 40.1 Å². The van der Waals surface area contributed by atoms with Gasteiger partial charge in [-0.3, -0.25) is 4.79 Å². The van der Waals surface area contributed by atoms with E-state index in [9.17, 15) is 14.7 Å². The summed E-state index contributed by atoms with van der Waals surface area (Å²) >= 11 is 12.0. The van der Waals surface area contributed by atoms with Crippen LogP contribution in [-0.4, -0.2) is 35.1 Å². The van der Waals surface area contributed by atoms with Gasteiger partial charge in [-0.2, -0.15) is 4.99 Å². The minimum atomic E-state index is -0.714. The summed E-state index contributed by atoms with van der Waals surface area (Å²) in [5, 5.41) is 10.6. The molecule has 1 amide bonds. The number of halogens is 2. The van der Waals surface area contributed by atoms with E-state index in [2.05, 4.69) is 9.98 Å². The Kier molecular flexibility index (Phi) is 6.15. The van der Waals surface area contributed by atoms with Crippen LogP contribution in [0.3, 0.4) is 0 Å². The van der Waals surface area contributed by atoms with Crippen LogP contribution in [0, 0.1) is 0 Å². The fraction of sp³-hybridized carbons (Fsp3) is 0.143. The lowest BCUT2D eigenvalue weighted by Gasteiger charge is -2.08. The van der Waals surface area contributed by atoms with Crippen molar-refractivity contribution in [1.29, 1.82) is 0 Å². The molecule has 2 aromatic rings. The van der Waals surface area contributed by atoms with Gasteiger partial charge >= 0.3 is 5.97 Å². The summed E-state index contributed by atoms with van der Waals surface area (Å²) in [7, 11) is 0. The number of carbonyl (C=O) groups excluding carboxylic acids is 2. The highest BCUT2D eigenvalue weighted by Crippen LogP contribution is 2.27. The Morgan fingerprint density at radius 2 is 1.83 bits per heavy atom. The Morgan fingerprint density at radius 1 is 1.14 bits per heavy atom. The molecule has 148 valence electrons. The van der Waals surface area contributed by atoms with Crippen LogP contribution < -0.4 is 0 Å². The Morgan fingerprint density at radius 3 is 2.45 bits per heavy atom. The molecule has 1 N–H and O–H groups in total. The van der Waals surface area contributed by atoms with Crippen LogP contribution >= 0.6 is 23.2 Å². The maximum absolute atomic E-state index is 12.7. The summed E-state index contributed by atoms with van der Waals surface area (Å²) in [5.41, 5.74) is 1.38. The van der Waals surface area contributed by atoms with Gasteiger partial charge in [0, 0.05) is 16.1 Å². The van der Waals surface area contributed by atoms with Crippen LogP contribution in [0.5, 0.6) is 0 Å². The minimum absolute atomic E-state index is 0.0820. The molecule has 1 aliphatic rings. The molecule has 3 rings (SSSR count). The molecule has 8 heteroatoms. The van der Waals surface area contributed by atoms with Crippen molar-refractivity contribution in [3.8, 4) is 0 Å². The van der Waals surface area contributed by atoms with Gasteiger partial charge in [-0.15, -0.1) is 0 Å². The number of fused-ring (bicyclic) bond motifs is 1. The maximum Gasteiger partial charge on any atom is 0.343 e. The number of nitrogens with zero attached hydrogens (tertiary/aromatic N) is 2. The van der Waals surface area contributed by atoms with E-state index in [0.29, 0.717) is 16.1 Å². The first kappa shape index (κ1) is 20.8. The third-order valence-electron chi connectivity index (χ3n) is 4.09. The van der Waals surface area contributed by atoms with Gasteiger partial charge in [0.1, 0.15) is 11.3 Å². The predicted octanol–water partition coefficient (Wildman–Crippen LogP) is 4.78. The van der Waals surface area contributed by atoms with E-state index in [4.69, 9.17) is 27.9 Å². The molecule has 29 heavy (non-hydrogen) atoms. The van der Waals surface area contributed by atoms with Gasteiger partial charge in [0.15, 0.2) is 5.84 Å². The van der Waals surface area contributed by atoms with E-state index in [1.165, 1.54) is 25.1 Å². The summed E-state index contributed by atoms with van der Waals surface area (Å²) in [4.78, 5) is 33.4. The topological polar surface area (TPSA) is 88.3 Å². The van der Waals surface area contributed by atoms with Crippen LogP contribution in [0.4, 0.5) is 0 Å². The number of hydrogen-bond donors (Lipinski definition) is 1. The van der Waals surface area contributed by atoms with Crippen LogP contribution in [0.15, 0.2) is 63.8 Å². The number of aliphatic hydroxyl groups is 1. The van der Waals surface area contributed by atoms with Gasteiger partial charge in [-0.1, -0.05) is 47.5 Å². The average Bonchev–Trinajstić information content (AvgIpc) is 3.00. The van der Waals surface area contributed by atoms with Crippen LogP contribution in [-0.2, 0) is 9.53 Å². The molecule has 0 atom stereocenters. The zero-order valence-electron chi connectivity index (χ0n) is 15.6. The van der Waals surface area contributed by atoms with E-state index in [1.54, 1.807) is 31.2 Å². The highest BCUT2D eigenvalue weighted by molar-refractivity contribution is 6.38. The zero-order chi connectivity index (χ0) is 21.1. The molecule has 6 nitrogen and oxygen atoms in total. The first-order chi connectivity index (χ1) is 13.8. The Bertz CT molecular complexity index is 1100. The van der Waals surface area contributed by atoms with Gasteiger partial charge in [0.25, 0.3) is 5.91 Å². The molecule has 2 aromatic carbocycles. The fourth-order valence-electron chi connectivity index (χ4n) is 2.83. The Labute approximate surface area is 177 Å². The van der Waals surface area contributed by atoms with Gasteiger partial charge in [-0.25, -0.2) is 9.79 Å². The van der Waals surface area contributed by atoms with Crippen LogP contribution in [0.1, 0.15) is 35.3 Å². The van der Waals surface area contributed by atoms with Crippen molar-refractivity contribution in [2.24, 2.45) is 9.98 Å². The smallest absolute Gasteiger partial charge is 0.343 e. The maximum atomic E-state index is 12.7. The largest absolute Gasteiger partial charge is 0.512 e. The number of amides is 1. The second-order valence-electron chi connectivity index (χ2n) is 6.05. The number of rotatable bonds is 4. The number of aliphatic imine (C=N–C) groups is 2. The molecule has 0 bridgehead atoms. The summed E-state index contributed by atoms with van der Waals surface area (Å²) in [6, 6.07) is 11.4. The number of ether oxygens (including phenoxy) is 1. The van der Waals surface area contributed by atoms with Gasteiger partial charge < -0.3 is 9.84 Å². The molecule has 0 unspecified atom stereocenters. The lowest BCUT2D eigenvalue weighted by atomic mass is 9.99. The first-order valence-electron chi connectivity index (χ1n) is 8.67. The molecular weight excluding hydrogens is 415 g/mol. The van der Waals surface area contributed by atoms with E-state index in [1.807, 2.05) is 0 Å². The quantitative estimate of drug-likeness (QED) is 0.429. The zero-order valence-corrected chi connectivity index (χ0v) is 17.1. The highest BCUT2D eigenvalue weighted by atomic mass is 35.5. The van der Waals surface area contributed by atoms with Crippen LogP contribution in [0.25, 0.3) is 0 Å². The van der Waals surface area contributed by atoms with Crippen molar-refractivity contribution in [2.45, 2.75) is 13.8 Å². The summed E-state index contributed by atoms with van der Waals surface area (Å²) in [5.74, 6) is -1.46. The van der Waals surface area contributed by atoms with Crippen molar-refractivity contribution >= 4 is 46.6 Å². The lowest BCUT2D eigenvalue weighted by molar-refractivity contribution is -0.138. The van der Waals surface area contributed by atoms with Crippen molar-refractivity contribution < 1.29 is 19.4 Å². The third-order valence-corrected chi connectivity index (χ3v) is 4.64. The molecule has 1 aliphatic heterocycles. The molecule has 1 heterocycles. The van der Waals surface area contributed by atoms with E-state index < -0.39 is 11.9 Å². The number of benzene rings is 2. The molecular formula is C21H16Cl2N2O4. The molecule has 0 aliphatic carbocycles. The Balaban J connectivity index is 2.11. The fourth-order valence-corrected chi connectivity index (χ4v) is 3.31. The SMILES string of the molecule is CCOC(=O)C(C1=NC(=NC(=O)c2ccc(Cl)cc2Cl)c2ccccc21)=C(C)O. The molecule has 0 saturated heterocycles. The molecule has 0 fully saturated rings. The van der Waals surface area contributed by atoms with Crippen molar-refractivity contribution in [1.82, 2.24) is 0 Å². The number of esters is 1. The van der Waals surface area contributed by atoms with Crippen molar-refractivity contribution in [3.05, 3.63) is 80.5 Å². The molecule has 0 aromatic heterocycles. The summed E-state index contributed by atoms with van der Waals surface area (Å²) in [6.45, 7) is 3.16. The summed E-state index contributed by atoms with van der Waals surface area (Å²) < 4.78 is 5.03. The molecule has 0 spiro atoms.